The van der Waals surface area contributed by atoms with Gasteiger partial charge in [-0.1, -0.05) is 37.3 Å². The molecule has 0 saturated carbocycles. The number of hydrogen-bond donors (Lipinski definition) is 0. The van der Waals surface area contributed by atoms with Crippen molar-refractivity contribution in [3.05, 3.63) is 35.9 Å². The predicted molar refractivity (Wildman–Crippen MR) is 84.7 cm³/mol. The Morgan fingerprint density at radius 3 is 2.17 bits per heavy atom. The first-order chi connectivity index (χ1) is 11.3. The van der Waals surface area contributed by atoms with E-state index in [4.69, 9.17) is 14.3 Å². The highest BCUT2D eigenvalue weighted by Gasteiger charge is 2.32. The summed E-state index contributed by atoms with van der Waals surface area (Å²) in [5, 5.41) is 0. The molecule has 0 unspecified atom stereocenters. The molecule has 1 aromatic rings. The molecule has 7 nitrogen and oxygen atoms in total. The van der Waals surface area contributed by atoms with Crippen molar-refractivity contribution in [1.29, 1.82) is 0 Å². The molecule has 132 valence electrons. The maximum atomic E-state index is 12.3. The standard InChI is InChI=1S/C16H23NO4.CO2/c1-5-16(2,3)17(11-14(18)20-4)15(19)21-12-13-9-7-6-8-10-13;2-1-3/h6-10H,5,11-12H2,1-4H3;. The third kappa shape index (κ3) is 7.56. The molecule has 0 fully saturated rings. The fraction of sp³-hybridized carbons (Fsp3) is 0.471. The van der Waals surface area contributed by atoms with E-state index in [1.807, 2.05) is 51.1 Å². The molecule has 0 aliphatic carbocycles. The summed E-state index contributed by atoms with van der Waals surface area (Å²) in [7, 11) is 1.30. The fourth-order valence-electron chi connectivity index (χ4n) is 1.71. The summed E-state index contributed by atoms with van der Waals surface area (Å²) in [6.45, 7) is 5.79. The second kappa shape index (κ2) is 11.0. The van der Waals surface area contributed by atoms with Crippen LogP contribution in [0.2, 0.25) is 0 Å². The maximum absolute atomic E-state index is 12.3. The molecule has 1 aromatic carbocycles. The van der Waals surface area contributed by atoms with Crippen LogP contribution in [0.3, 0.4) is 0 Å². The highest BCUT2D eigenvalue weighted by atomic mass is 16.6. The average molecular weight is 337 g/mol. The van der Waals surface area contributed by atoms with Gasteiger partial charge in [0.2, 0.25) is 0 Å². The van der Waals surface area contributed by atoms with Gasteiger partial charge in [0.05, 0.1) is 7.11 Å². The number of carbonyl (C=O) groups excluding carboxylic acids is 4. The first-order valence-electron chi connectivity index (χ1n) is 7.36. The molecule has 0 radical (unpaired) electrons. The van der Waals surface area contributed by atoms with Gasteiger partial charge in [0.25, 0.3) is 0 Å². The summed E-state index contributed by atoms with van der Waals surface area (Å²) in [5.74, 6) is -0.465. The second-order valence-electron chi connectivity index (χ2n) is 5.45. The molecule has 0 bridgehead atoms. The number of nitrogens with zero attached hydrogens (tertiary/aromatic N) is 1. The monoisotopic (exact) mass is 337 g/mol. The Balaban J connectivity index is 0.00000163. The predicted octanol–water partition coefficient (Wildman–Crippen LogP) is 2.40. The van der Waals surface area contributed by atoms with Crippen molar-refractivity contribution in [3.8, 4) is 0 Å². The van der Waals surface area contributed by atoms with Crippen LogP contribution in [-0.4, -0.2) is 42.3 Å². The number of amides is 1. The van der Waals surface area contributed by atoms with Crippen molar-refractivity contribution in [1.82, 2.24) is 4.90 Å². The van der Waals surface area contributed by atoms with Gasteiger partial charge in [-0.2, -0.15) is 9.59 Å². The molecule has 7 heteroatoms. The number of carbonyl (C=O) groups is 2. The largest absolute Gasteiger partial charge is 0.468 e. The van der Waals surface area contributed by atoms with Gasteiger partial charge in [-0.25, -0.2) is 4.79 Å². The van der Waals surface area contributed by atoms with E-state index in [1.165, 1.54) is 12.0 Å². The highest BCUT2D eigenvalue weighted by molar-refractivity contribution is 5.78. The van der Waals surface area contributed by atoms with E-state index in [0.717, 1.165) is 5.56 Å². The zero-order valence-electron chi connectivity index (χ0n) is 14.4. The smallest absolute Gasteiger partial charge is 0.411 e. The Morgan fingerprint density at radius 2 is 1.71 bits per heavy atom. The van der Waals surface area contributed by atoms with Gasteiger partial charge in [0.1, 0.15) is 13.2 Å². The van der Waals surface area contributed by atoms with Crippen molar-refractivity contribution in [2.75, 3.05) is 13.7 Å². The molecule has 1 rings (SSSR count). The lowest BCUT2D eigenvalue weighted by Crippen LogP contribution is -2.50. The first kappa shape index (κ1) is 21.3. The minimum Gasteiger partial charge on any atom is -0.468 e. The van der Waals surface area contributed by atoms with Gasteiger partial charge >= 0.3 is 18.2 Å². The molecule has 0 aliphatic rings. The SMILES string of the molecule is CCC(C)(C)N(CC(=O)OC)C(=O)OCc1ccccc1.O=C=O. The molecule has 0 N–H and O–H groups in total. The average Bonchev–Trinajstić information content (AvgIpc) is 2.58. The summed E-state index contributed by atoms with van der Waals surface area (Å²) in [5.41, 5.74) is 0.417. The molecule has 1 amide bonds. The first-order valence-corrected chi connectivity index (χ1v) is 7.36. The molecule has 0 aliphatic heterocycles. The molecular weight excluding hydrogens is 314 g/mol. The van der Waals surface area contributed by atoms with Crippen molar-refractivity contribution in [3.63, 3.8) is 0 Å². The normalized spacial score (nSPS) is 9.83. The molecule has 0 atom stereocenters. The van der Waals surface area contributed by atoms with Crippen LogP contribution >= 0.6 is 0 Å². The number of methoxy groups -OCH3 is 1. The Kier molecular flexibility index (Phi) is 9.75. The van der Waals surface area contributed by atoms with Crippen molar-refractivity contribution in [2.45, 2.75) is 39.3 Å². The summed E-state index contributed by atoms with van der Waals surface area (Å²) in [6, 6.07) is 9.41. The molecular formula is C17H23NO6. The molecule has 0 heterocycles. The third-order valence-corrected chi connectivity index (χ3v) is 3.54. The zero-order chi connectivity index (χ0) is 18.6. The Hall–Kier alpha value is -2.66. The summed E-state index contributed by atoms with van der Waals surface area (Å²) in [6.07, 6.45) is 0.431. The zero-order valence-corrected chi connectivity index (χ0v) is 14.4. The van der Waals surface area contributed by atoms with E-state index in [2.05, 4.69) is 4.74 Å². The lowest BCUT2D eigenvalue weighted by Gasteiger charge is -2.36. The van der Waals surface area contributed by atoms with Gasteiger partial charge in [0, 0.05) is 5.54 Å². The van der Waals surface area contributed by atoms with Crippen LogP contribution in [0, 0.1) is 0 Å². The van der Waals surface area contributed by atoms with Gasteiger partial charge in [0.15, 0.2) is 0 Å². The number of esters is 1. The van der Waals surface area contributed by atoms with E-state index in [9.17, 15) is 9.59 Å². The van der Waals surface area contributed by atoms with E-state index >= 15 is 0 Å². The number of rotatable bonds is 6. The van der Waals surface area contributed by atoms with E-state index < -0.39 is 17.6 Å². The number of hydrogen-bond acceptors (Lipinski definition) is 6. The molecule has 0 aromatic heterocycles. The topological polar surface area (TPSA) is 90.0 Å². The van der Waals surface area contributed by atoms with Crippen molar-refractivity contribution >= 4 is 18.2 Å². The van der Waals surface area contributed by atoms with E-state index in [0.29, 0.717) is 6.42 Å². The molecule has 24 heavy (non-hydrogen) atoms. The third-order valence-electron chi connectivity index (χ3n) is 3.54. The van der Waals surface area contributed by atoms with Crippen LogP contribution in [0.4, 0.5) is 4.79 Å². The minimum atomic E-state index is -0.517. The number of benzene rings is 1. The maximum Gasteiger partial charge on any atom is 0.411 e. The summed E-state index contributed by atoms with van der Waals surface area (Å²) < 4.78 is 9.95. The van der Waals surface area contributed by atoms with E-state index in [1.54, 1.807) is 0 Å². The van der Waals surface area contributed by atoms with Gasteiger partial charge in [-0.15, -0.1) is 0 Å². The number of ether oxygens (including phenoxy) is 2. The van der Waals surface area contributed by atoms with Gasteiger partial charge in [-0.3, -0.25) is 9.69 Å². The second-order valence-corrected chi connectivity index (χ2v) is 5.45. The van der Waals surface area contributed by atoms with Crippen LogP contribution in [0.25, 0.3) is 0 Å². The van der Waals surface area contributed by atoms with E-state index in [-0.39, 0.29) is 19.3 Å². The highest BCUT2D eigenvalue weighted by Crippen LogP contribution is 2.20. The molecule has 0 saturated heterocycles. The lowest BCUT2D eigenvalue weighted by molar-refractivity contribution is -0.191. The van der Waals surface area contributed by atoms with Gasteiger partial charge in [-0.05, 0) is 25.8 Å². The lowest BCUT2D eigenvalue weighted by atomic mass is 10.00. The minimum absolute atomic E-state index is 0.120. The fourth-order valence-corrected chi connectivity index (χ4v) is 1.71. The van der Waals surface area contributed by atoms with Crippen LogP contribution in [0.1, 0.15) is 32.8 Å². The van der Waals surface area contributed by atoms with Crippen LogP contribution in [-0.2, 0) is 30.5 Å². The van der Waals surface area contributed by atoms with Crippen molar-refractivity contribution < 1.29 is 28.7 Å². The molecule has 0 spiro atoms. The Bertz CT molecular complexity index is 549. The Labute approximate surface area is 141 Å². The van der Waals surface area contributed by atoms with Crippen LogP contribution < -0.4 is 0 Å². The van der Waals surface area contributed by atoms with Gasteiger partial charge < -0.3 is 9.47 Å². The Morgan fingerprint density at radius 1 is 1.17 bits per heavy atom. The quantitative estimate of drug-likeness (QED) is 0.741. The van der Waals surface area contributed by atoms with Crippen LogP contribution in [0.15, 0.2) is 30.3 Å². The van der Waals surface area contributed by atoms with Crippen LogP contribution in [0.5, 0.6) is 0 Å². The van der Waals surface area contributed by atoms with Crippen molar-refractivity contribution in [2.24, 2.45) is 0 Å². The summed E-state index contributed by atoms with van der Waals surface area (Å²) >= 11 is 0. The summed E-state index contributed by atoms with van der Waals surface area (Å²) in [4.78, 5) is 41.4.